The summed E-state index contributed by atoms with van der Waals surface area (Å²) in [5, 5.41) is 3.00. The zero-order valence-electron chi connectivity index (χ0n) is 8.51. The third kappa shape index (κ3) is 2.36. The lowest BCUT2D eigenvalue weighted by molar-refractivity contribution is -0.151. The smallest absolute Gasteiger partial charge is 0.326 e. The van der Waals surface area contributed by atoms with Crippen molar-refractivity contribution in [2.45, 2.75) is 25.8 Å². The number of esters is 1. The van der Waals surface area contributed by atoms with E-state index < -0.39 is 12.2 Å². The molecule has 0 aromatic carbocycles. The van der Waals surface area contributed by atoms with Crippen LogP contribution < -0.4 is 5.32 Å². The monoisotopic (exact) mass is 225 g/mol. The van der Waals surface area contributed by atoms with Crippen molar-refractivity contribution < 1.29 is 13.9 Å². The van der Waals surface area contributed by atoms with Crippen molar-refractivity contribution in [2.75, 3.05) is 19.8 Å². The van der Waals surface area contributed by atoms with Gasteiger partial charge in [-0.2, -0.15) is 0 Å². The molecule has 1 aliphatic heterocycles. The molecule has 0 aromatic heterocycles. The number of hydrogen-bond acceptors (Lipinski definition) is 3. The molecular formula is C9H17ClFNO2. The van der Waals surface area contributed by atoms with Crippen LogP contribution in [0.3, 0.4) is 0 Å². The summed E-state index contributed by atoms with van der Waals surface area (Å²) in [5.74, 6) is -0.582. The molecule has 0 spiro atoms. The minimum Gasteiger partial charge on any atom is -0.465 e. The molecule has 0 aliphatic carbocycles. The molecule has 0 aromatic rings. The Morgan fingerprint density at radius 3 is 2.86 bits per heavy atom. The van der Waals surface area contributed by atoms with E-state index >= 15 is 0 Å². The minimum absolute atomic E-state index is 0. The molecule has 0 radical (unpaired) electrons. The van der Waals surface area contributed by atoms with E-state index in [9.17, 15) is 9.18 Å². The largest absolute Gasteiger partial charge is 0.465 e. The molecule has 2 atom stereocenters. The van der Waals surface area contributed by atoms with Crippen LogP contribution in [-0.4, -0.2) is 31.3 Å². The highest BCUT2D eigenvalue weighted by Gasteiger charge is 2.45. The van der Waals surface area contributed by atoms with Crippen LogP contribution in [0.2, 0.25) is 0 Å². The van der Waals surface area contributed by atoms with Crippen molar-refractivity contribution in [3.63, 3.8) is 0 Å². The average Bonchev–Trinajstić information content (AvgIpc) is 2.48. The number of ether oxygens (including phenoxy) is 1. The van der Waals surface area contributed by atoms with Crippen molar-refractivity contribution in [1.29, 1.82) is 0 Å². The van der Waals surface area contributed by atoms with Gasteiger partial charge in [0.25, 0.3) is 0 Å². The van der Waals surface area contributed by atoms with Crippen LogP contribution >= 0.6 is 12.4 Å². The standard InChI is InChI=1S/C9H16FNO2.ClH/c1-3-13-8(12)9(2)7(6-10)4-5-11-9;/h7,11H,3-6H2,1-2H3;1H/t7-,9-;/m1./s1. The minimum atomic E-state index is -0.815. The Morgan fingerprint density at radius 1 is 1.71 bits per heavy atom. The molecule has 0 amide bonds. The van der Waals surface area contributed by atoms with Gasteiger partial charge in [0.05, 0.1) is 13.3 Å². The Balaban J connectivity index is 0.00000169. The third-order valence-electron chi connectivity index (χ3n) is 2.69. The topological polar surface area (TPSA) is 38.3 Å². The molecule has 1 rings (SSSR count). The lowest BCUT2D eigenvalue weighted by Gasteiger charge is -2.27. The summed E-state index contributed by atoms with van der Waals surface area (Å²) in [6, 6.07) is 0. The van der Waals surface area contributed by atoms with Gasteiger partial charge in [-0.25, -0.2) is 0 Å². The Labute approximate surface area is 89.8 Å². The van der Waals surface area contributed by atoms with E-state index in [1.165, 1.54) is 0 Å². The fourth-order valence-corrected chi connectivity index (χ4v) is 1.69. The molecule has 84 valence electrons. The summed E-state index contributed by atoms with van der Waals surface area (Å²) in [7, 11) is 0. The van der Waals surface area contributed by atoms with Crippen molar-refractivity contribution in [2.24, 2.45) is 5.92 Å². The molecule has 3 nitrogen and oxygen atoms in total. The van der Waals surface area contributed by atoms with Crippen LogP contribution in [0.1, 0.15) is 20.3 Å². The number of nitrogens with one attached hydrogen (secondary N) is 1. The molecule has 1 heterocycles. The second-order valence-electron chi connectivity index (χ2n) is 3.49. The number of carbonyl (C=O) groups excluding carboxylic acids is 1. The van der Waals surface area contributed by atoms with Crippen molar-refractivity contribution >= 4 is 18.4 Å². The Bertz CT molecular complexity index is 203. The van der Waals surface area contributed by atoms with E-state index in [0.29, 0.717) is 19.6 Å². The average molecular weight is 226 g/mol. The van der Waals surface area contributed by atoms with Crippen LogP contribution in [-0.2, 0) is 9.53 Å². The third-order valence-corrected chi connectivity index (χ3v) is 2.69. The SMILES string of the molecule is CCOC(=O)[C@]1(C)NCC[C@@H]1CF.Cl. The first-order valence-corrected chi connectivity index (χ1v) is 4.63. The van der Waals surface area contributed by atoms with E-state index in [-0.39, 0.29) is 24.3 Å². The van der Waals surface area contributed by atoms with E-state index in [1.807, 2.05) is 0 Å². The van der Waals surface area contributed by atoms with Gasteiger partial charge in [-0.15, -0.1) is 12.4 Å². The summed E-state index contributed by atoms with van der Waals surface area (Å²) < 4.78 is 17.4. The lowest BCUT2D eigenvalue weighted by Crippen LogP contribution is -2.51. The molecule has 1 fully saturated rings. The lowest BCUT2D eigenvalue weighted by atomic mass is 9.88. The van der Waals surface area contributed by atoms with Gasteiger partial charge in [0.1, 0.15) is 5.54 Å². The van der Waals surface area contributed by atoms with Gasteiger partial charge >= 0.3 is 5.97 Å². The Hall–Kier alpha value is -0.350. The number of halogens is 2. The van der Waals surface area contributed by atoms with Crippen LogP contribution in [0.5, 0.6) is 0 Å². The first-order chi connectivity index (χ1) is 6.15. The highest BCUT2D eigenvalue weighted by Crippen LogP contribution is 2.28. The van der Waals surface area contributed by atoms with Gasteiger partial charge < -0.3 is 10.1 Å². The van der Waals surface area contributed by atoms with Crippen molar-refractivity contribution in [3.05, 3.63) is 0 Å². The predicted octanol–water partition coefficient (Wildman–Crippen LogP) is 1.31. The molecule has 1 N–H and O–H groups in total. The normalized spacial score (nSPS) is 30.9. The molecule has 0 bridgehead atoms. The highest BCUT2D eigenvalue weighted by atomic mass is 35.5. The summed E-state index contributed by atoms with van der Waals surface area (Å²) in [6.45, 7) is 4.02. The summed E-state index contributed by atoms with van der Waals surface area (Å²) in [5.41, 5.74) is -0.815. The van der Waals surface area contributed by atoms with Crippen LogP contribution in [0.25, 0.3) is 0 Å². The zero-order valence-corrected chi connectivity index (χ0v) is 9.32. The van der Waals surface area contributed by atoms with Gasteiger partial charge in [0, 0.05) is 5.92 Å². The molecular weight excluding hydrogens is 209 g/mol. The fourth-order valence-electron chi connectivity index (χ4n) is 1.69. The molecule has 14 heavy (non-hydrogen) atoms. The number of rotatable bonds is 3. The number of alkyl halides is 1. The molecule has 1 aliphatic rings. The van der Waals surface area contributed by atoms with Crippen LogP contribution in [0.4, 0.5) is 4.39 Å². The predicted molar refractivity (Wildman–Crippen MR) is 54.4 cm³/mol. The fraction of sp³-hybridized carbons (Fsp3) is 0.889. The second-order valence-corrected chi connectivity index (χ2v) is 3.49. The van der Waals surface area contributed by atoms with Gasteiger partial charge in [-0.1, -0.05) is 0 Å². The maximum absolute atomic E-state index is 12.5. The van der Waals surface area contributed by atoms with Gasteiger partial charge in [0.15, 0.2) is 0 Å². The Morgan fingerprint density at radius 2 is 2.36 bits per heavy atom. The molecule has 5 heteroatoms. The van der Waals surface area contributed by atoms with Crippen molar-refractivity contribution in [1.82, 2.24) is 5.32 Å². The molecule has 0 saturated carbocycles. The van der Waals surface area contributed by atoms with Crippen molar-refractivity contribution in [3.8, 4) is 0 Å². The quantitative estimate of drug-likeness (QED) is 0.736. The van der Waals surface area contributed by atoms with Gasteiger partial charge in [-0.05, 0) is 26.8 Å². The molecule has 1 saturated heterocycles. The summed E-state index contributed by atoms with van der Waals surface area (Å²) >= 11 is 0. The van der Waals surface area contributed by atoms with E-state index in [2.05, 4.69) is 5.32 Å². The van der Waals surface area contributed by atoms with Gasteiger partial charge in [-0.3, -0.25) is 9.18 Å². The first kappa shape index (κ1) is 13.7. The van der Waals surface area contributed by atoms with Gasteiger partial charge in [0.2, 0.25) is 0 Å². The van der Waals surface area contributed by atoms with E-state index in [0.717, 1.165) is 0 Å². The Kier molecular flexibility index (Phi) is 5.37. The van der Waals surface area contributed by atoms with E-state index in [4.69, 9.17) is 4.74 Å². The number of carbonyl (C=O) groups is 1. The van der Waals surface area contributed by atoms with Crippen LogP contribution in [0.15, 0.2) is 0 Å². The first-order valence-electron chi connectivity index (χ1n) is 4.63. The van der Waals surface area contributed by atoms with Crippen LogP contribution in [0, 0.1) is 5.92 Å². The summed E-state index contributed by atoms with van der Waals surface area (Å²) in [6.07, 6.45) is 0.700. The molecule has 0 unspecified atom stereocenters. The highest BCUT2D eigenvalue weighted by molar-refractivity contribution is 5.85. The second kappa shape index (κ2) is 5.51. The van der Waals surface area contributed by atoms with E-state index in [1.54, 1.807) is 13.8 Å². The summed E-state index contributed by atoms with van der Waals surface area (Å²) in [4.78, 5) is 11.5. The maximum Gasteiger partial charge on any atom is 0.326 e. The zero-order chi connectivity index (χ0) is 9.90. The number of hydrogen-bond donors (Lipinski definition) is 1. The maximum atomic E-state index is 12.5.